The van der Waals surface area contributed by atoms with Gasteiger partial charge in [-0.1, -0.05) is 55.2 Å². The van der Waals surface area contributed by atoms with Crippen molar-refractivity contribution in [1.29, 1.82) is 0 Å². The minimum Gasteiger partial charge on any atom is -0.0985 e. The normalized spacial score (nSPS) is 25.8. The molecule has 2 aliphatic carbocycles. The molecule has 1 aromatic carbocycles. The second-order valence-corrected chi connectivity index (χ2v) is 5.36. The molecule has 0 fully saturated rings. The quantitative estimate of drug-likeness (QED) is 0.633. The van der Waals surface area contributed by atoms with Crippen molar-refractivity contribution in [3.05, 3.63) is 65.8 Å². The lowest BCUT2D eigenvalue weighted by Gasteiger charge is -2.15. The smallest absolute Gasteiger partial charge is 0.00212 e. The molecule has 2 atom stereocenters. The molecule has 0 aliphatic heterocycles. The van der Waals surface area contributed by atoms with Gasteiger partial charge in [0.1, 0.15) is 0 Å². The highest BCUT2D eigenvalue weighted by Gasteiger charge is 2.17. The molecule has 0 N–H and O–H groups in total. The monoisotopic (exact) mass is 236 g/mol. The van der Waals surface area contributed by atoms with E-state index >= 15 is 0 Å². The second kappa shape index (κ2) is 4.97. The Hall–Kier alpha value is -1.56. The van der Waals surface area contributed by atoms with Crippen LogP contribution >= 0.6 is 0 Å². The van der Waals surface area contributed by atoms with Crippen molar-refractivity contribution >= 4 is 6.08 Å². The van der Waals surface area contributed by atoms with Crippen LogP contribution in [0.25, 0.3) is 6.08 Å². The first-order valence-corrected chi connectivity index (χ1v) is 6.97. The summed E-state index contributed by atoms with van der Waals surface area (Å²) >= 11 is 0. The van der Waals surface area contributed by atoms with Crippen molar-refractivity contribution in [1.82, 2.24) is 0 Å². The summed E-state index contributed by atoms with van der Waals surface area (Å²) in [5, 5.41) is 0. The van der Waals surface area contributed by atoms with Gasteiger partial charge in [-0.25, -0.2) is 0 Å². The minimum atomic E-state index is 0.619. The van der Waals surface area contributed by atoms with Gasteiger partial charge in [-0.2, -0.15) is 0 Å². The number of allylic oxidation sites excluding steroid dienone is 4. The third-order valence-corrected chi connectivity index (χ3v) is 4.12. The number of hydrogen-bond donors (Lipinski definition) is 0. The van der Waals surface area contributed by atoms with Gasteiger partial charge in [-0.05, 0) is 42.4 Å². The molecule has 0 saturated carbocycles. The molecule has 3 rings (SSSR count). The number of hydrogen-bond acceptors (Lipinski definition) is 0. The van der Waals surface area contributed by atoms with E-state index in [4.69, 9.17) is 0 Å². The Balaban J connectivity index is 1.98. The van der Waals surface area contributed by atoms with Gasteiger partial charge in [-0.3, -0.25) is 0 Å². The lowest BCUT2D eigenvalue weighted by Crippen LogP contribution is -1.98. The molecule has 0 radical (unpaired) electrons. The third-order valence-electron chi connectivity index (χ3n) is 4.12. The van der Waals surface area contributed by atoms with Gasteiger partial charge in [0.15, 0.2) is 0 Å². The molecule has 0 amide bonds. The molecule has 0 spiro atoms. The van der Waals surface area contributed by atoms with Crippen molar-refractivity contribution in [3.63, 3.8) is 0 Å². The van der Waals surface area contributed by atoms with E-state index < -0.39 is 0 Å². The Labute approximate surface area is 110 Å². The topological polar surface area (TPSA) is 0 Å². The Morgan fingerprint density at radius 1 is 0.889 bits per heavy atom. The second-order valence-electron chi connectivity index (χ2n) is 5.36. The van der Waals surface area contributed by atoms with Crippen LogP contribution in [0.2, 0.25) is 0 Å². The van der Waals surface area contributed by atoms with Crippen LogP contribution in [0.1, 0.15) is 54.2 Å². The molecule has 0 saturated heterocycles. The Morgan fingerprint density at radius 2 is 1.44 bits per heavy atom. The lowest BCUT2D eigenvalue weighted by atomic mass is 9.89. The van der Waals surface area contributed by atoms with Crippen LogP contribution < -0.4 is 0 Å². The predicted molar refractivity (Wildman–Crippen MR) is 78.8 cm³/mol. The Bertz CT molecular complexity index is 465. The number of rotatable bonds is 3. The Kier molecular flexibility index (Phi) is 3.19. The van der Waals surface area contributed by atoms with E-state index in [-0.39, 0.29) is 0 Å². The van der Waals surface area contributed by atoms with Crippen LogP contribution in [0.5, 0.6) is 0 Å². The van der Waals surface area contributed by atoms with Crippen LogP contribution in [-0.4, -0.2) is 0 Å². The molecule has 18 heavy (non-hydrogen) atoms. The molecule has 0 nitrogen and oxygen atoms in total. The minimum absolute atomic E-state index is 0.619. The van der Waals surface area contributed by atoms with Crippen LogP contribution in [0.15, 0.2) is 49.1 Å². The van der Waals surface area contributed by atoms with E-state index in [0.29, 0.717) is 11.8 Å². The van der Waals surface area contributed by atoms with E-state index in [2.05, 4.69) is 49.1 Å². The molecular formula is C18H20. The Morgan fingerprint density at radius 3 is 1.83 bits per heavy atom. The zero-order valence-corrected chi connectivity index (χ0v) is 10.8. The summed E-state index contributed by atoms with van der Waals surface area (Å²) in [5.74, 6) is 1.24. The van der Waals surface area contributed by atoms with E-state index in [1.54, 1.807) is 0 Å². The third kappa shape index (κ3) is 2.20. The highest BCUT2D eigenvalue weighted by molar-refractivity contribution is 5.52. The fourth-order valence-electron chi connectivity index (χ4n) is 3.07. The van der Waals surface area contributed by atoms with Crippen molar-refractivity contribution < 1.29 is 0 Å². The molecule has 0 heterocycles. The van der Waals surface area contributed by atoms with Crippen LogP contribution in [0.3, 0.4) is 0 Å². The predicted octanol–water partition coefficient (Wildman–Crippen LogP) is 5.20. The fourth-order valence-corrected chi connectivity index (χ4v) is 3.07. The van der Waals surface area contributed by atoms with Crippen molar-refractivity contribution in [2.45, 2.75) is 37.5 Å². The fraction of sp³-hybridized carbons (Fsp3) is 0.333. The first-order valence-electron chi connectivity index (χ1n) is 6.97. The molecule has 0 aromatic heterocycles. The van der Waals surface area contributed by atoms with Gasteiger partial charge in [0.25, 0.3) is 0 Å². The zero-order valence-electron chi connectivity index (χ0n) is 10.8. The van der Waals surface area contributed by atoms with Gasteiger partial charge in [0.2, 0.25) is 0 Å². The molecule has 0 bridgehead atoms. The summed E-state index contributed by atoms with van der Waals surface area (Å²) in [7, 11) is 0. The molecule has 0 heteroatoms. The van der Waals surface area contributed by atoms with Gasteiger partial charge in [0.05, 0.1) is 0 Å². The van der Waals surface area contributed by atoms with Crippen molar-refractivity contribution in [3.8, 4) is 0 Å². The van der Waals surface area contributed by atoms with E-state index in [1.807, 2.05) is 6.08 Å². The summed E-state index contributed by atoms with van der Waals surface area (Å²) < 4.78 is 0. The van der Waals surface area contributed by atoms with Crippen molar-refractivity contribution in [2.24, 2.45) is 0 Å². The van der Waals surface area contributed by atoms with Crippen LogP contribution in [0, 0.1) is 0 Å². The summed E-state index contributed by atoms with van der Waals surface area (Å²) in [6.45, 7) is 3.93. The zero-order chi connectivity index (χ0) is 12.4. The molecule has 2 unspecified atom stereocenters. The maximum absolute atomic E-state index is 3.93. The maximum Gasteiger partial charge on any atom is 0.00212 e. The largest absolute Gasteiger partial charge is 0.0985 e. The maximum atomic E-state index is 3.93. The molecule has 92 valence electrons. The van der Waals surface area contributed by atoms with Gasteiger partial charge >= 0.3 is 0 Å². The van der Waals surface area contributed by atoms with E-state index in [1.165, 1.54) is 42.4 Å². The SMILES string of the molecule is C=Cc1cc(C2C=CCC2)cc(C2C=CCC2)c1. The first kappa shape index (κ1) is 11.5. The molecule has 1 aromatic rings. The van der Waals surface area contributed by atoms with Gasteiger partial charge in [-0.15, -0.1) is 0 Å². The lowest BCUT2D eigenvalue weighted by molar-refractivity contribution is 0.778. The number of benzene rings is 1. The molecular weight excluding hydrogens is 216 g/mol. The van der Waals surface area contributed by atoms with E-state index in [9.17, 15) is 0 Å². The summed E-state index contributed by atoms with van der Waals surface area (Å²) in [6.07, 6.45) is 16.3. The van der Waals surface area contributed by atoms with Crippen molar-refractivity contribution in [2.75, 3.05) is 0 Å². The first-order chi connectivity index (χ1) is 8.86. The highest BCUT2D eigenvalue weighted by atomic mass is 14.2. The standard InChI is InChI=1S/C18H20/c1-2-14-11-17(15-7-3-4-8-15)13-18(12-14)16-9-5-6-10-16/h2-3,5,7,9,11-13,15-16H,1,4,6,8,10H2. The van der Waals surface area contributed by atoms with Gasteiger partial charge < -0.3 is 0 Å². The summed E-state index contributed by atoms with van der Waals surface area (Å²) in [4.78, 5) is 0. The van der Waals surface area contributed by atoms with Crippen LogP contribution in [-0.2, 0) is 0 Å². The van der Waals surface area contributed by atoms with E-state index in [0.717, 1.165) is 0 Å². The summed E-state index contributed by atoms with van der Waals surface area (Å²) in [5.41, 5.74) is 4.20. The average Bonchev–Trinajstić information content (AvgIpc) is 3.10. The van der Waals surface area contributed by atoms with Crippen LogP contribution in [0.4, 0.5) is 0 Å². The highest BCUT2D eigenvalue weighted by Crippen LogP contribution is 2.34. The average molecular weight is 236 g/mol. The van der Waals surface area contributed by atoms with Gasteiger partial charge in [0, 0.05) is 11.8 Å². The summed E-state index contributed by atoms with van der Waals surface area (Å²) in [6, 6.07) is 7.01. The molecule has 2 aliphatic rings.